The normalized spacial score (nSPS) is 11.3. The van der Waals surface area contributed by atoms with E-state index in [1.54, 1.807) is 37.4 Å². The smallest absolute Gasteiger partial charge is 0.289 e. The summed E-state index contributed by atoms with van der Waals surface area (Å²) in [5.41, 5.74) is 1.05. The van der Waals surface area contributed by atoms with E-state index in [0.717, 1.165) is 5.56 Å². The van der Waals surface area contributed by atoms with Gasteiger partial charge in [-0.2, -0.15) is 0 Å². The van der Waals surface area contributed by atoms with Gasteiger partial charge in [-0.25, -0.2) is 12.8 Å². The van der Waals surface area contributed by atoms with Crippen molar-refractivity contribution in [2.75, 3.05) is 7.05 Å². The monoisotopic (exact) mass is 387 g/mol. The van der Waals surface area contributed by atoms with E-state index in [0.29, 0.717) is 5.56 Å². The van der Waals surface area contributed by atoms with Crippen LogP contribution in [-0.2, 0) is 22.1 Å². The zero-order valence-corrected chi connectivity index (χ0v) is 15.4. The van der Waals surface area contributed by atoms with E-state index < -0.39 is 15.7 Å². The van der Waals surface area contributed by atoms with Crippen LogP contribution in [0.3, 0.4) is 0 Å². The zero-order valence-electron chi connectivity index (χ0n) is 14.6. The van der Waals surface area contributed by atoms with E-state index in [1.165, 1.54) is 41.5 Å². The van der Waals surface area contributed by atoms with Gasteiger partial charge in [-0.3, -0.25) is 4.79 Å². The molecule has 0 aliphatic carbocycles. The number of amides is 1. The molecule has 0 aliphatic rings. The summed E-state index contributed by atoms with van der Waals surface area (Å²) in [6.45, 7) is 0.241. The van der Waals surface area contributed by atoms with E-state index in [9.17, 15) is 17.6 Å². The van der Waals surface area contributed by atoms with Gasteiger partial charge in [0.2, 0.25) is 0 Å². The summed E-state index contributed by atoms with van der Waals surface area (Å²) in [5, 5.41) is 0. The van der Waals surface area contributed by atoms with Gasteiger partial charge in [0.15, 0.2) is 15.6 Å². The number of nitrogens with zero attached hydrogens (tertiary/aromatic N) is 1. The van der Waals surface area contributed by atoms with E-state index in [2.05, 4.69) is 0 Å². The molecule has 0 saturated heterocycles. The Labute approximate surface area is 157 Å². The lowest BCUT2D eigenvalue weighted by atomic mass is 10.2. The predicted molar refractivity (Wildman–Crippen MR) is 98.2 cm³/mol. The number of halogens is 1. The Kier molecular flexibility index (Phi) is 5.41. The van der Waals surface area contributed by atoms with Gasteiger partial charge in [-0.05, 0) is 35.9 Å². The maximum Gasteiger partial charge on any atom is 0.289 e. The molecule has 2 aromatic carbocycles. The lowest BCUT2D eigenvalue weighted by molar-refractivity contribution is 0.0752. The highest BCUT2D eigenvalue weighted by Gasteiger charge is 2.24. The molecule has 0 saturated carbocycles. The van der Waals surface area contributed by atoms with Crippen molar-refractivity contribution in [1.29, 1.82) is 0 Å². The summed E-state index contributed by atoms with van der Waals surface area (Å²) < 4.78 is 43.4. The second-order valence-corrected chi connectivity index (χ2v) is 8.12. The second kappa shape index (κ2) is 7.75. The molecule has 0 aliphatic heterocycles. The number of hydrogen-bond acceptors (Lipinski definition) is 4. The molecule has 1 amide bonds. The van der Waals surface area contributed by atoms with Crippen molar-refractivity contribution < 1.29 is 22.0 Å². The Morgan fingerprint density at radius 3 is 2.37 bits per heavy atom. The third kappa shape index (κ3) is 4.43. The first-order valence-electron chi connectivity index (χ1n) is 8.21. The van der Waals surface area contributed by atoms with Crippen LogP contribution in [0, 0.1) is 5.82 Å². The molecule has 3 rings (SSSR count). The summed E-state index contributed by atoms with van der Waals surface area (Å²) >= 11 is 0. The molecule has 0 bridgehead atoms. The minimum absolute atomic E-state index is 0.0147. The van der Waals surface area contributed by atoms with Crippen LogP contribution in [0.1, 0.15) is 21.7 Å². The Bertz CT molecular complexity index is 1030. The Morgan fingerprint density at radius 2 is 1.70 bits per heavy atom. The Hall–Kier alpha value is -2.93. The Morgan fingerprint density at radius 1 is 1.04 bits per heavy atom. The molecular formula is C20H18FNO4S. The highest BCUT2D eigenvalue weighted by atomic mass is 32.2. The number of carbonyl (C=O) groups is 1. The van der Waals surface area contributed by atoms with Crippen molar-refractivity contribution in [3.05, 3.63) is 89.6 Å². The molecule has 140 valence electrons. The first-order valence-corrected chi connectivity index (χ1v) is 9.86. The molecule has 0 fully saturated rings. The van der Waals surface area contributed by atoms with Gasteiger partial charge in [0.25, 0.3) is 5.91 Å². The van der Waals surface area contributed by atoms with E-state index in [1.807, 2.05) is 0 Å². The van der Waals surface area contributed by atoms with Crippen LogP contribution in [0.15, 0.2) is 76.2 Å². The lowest BCUT2D eigenvalue weighted by Crippen LogP contribution is -2.27. The molecule has 0 radical (unpaired) electrons. The molecule has 0 N–H and O–H groups in total. The standard InChI is InChI=1S/C20H18FNO4S/c1-22(13-15-7-9-17(21)10-8-15)20(23)19-16(11-12-26-19)14-27(24,25)18-5-3-2-4-6-18/h2-12H,13-14H2,1H3. The van der Waals surface area contributed by atoms with Gasteiger partial charge in [0.05, 0.1) is 16.9 Å². The molecule has 7 heteroatoms. The number of furan rings is 1. The minimum atomic E-state index is -3.60. The van der Waals surface area contributed by atoms with Gasteiger partial charge in [-0.1, -0.05) is 30.3 Å². The zero-order chi connectivity index (χ0) is 19.4. The summed E-state index contributed by atoms with van der Waals surface area (Å²) in [6.07, 6.45) is 1.30. The maximum absolute atomic E-state index is 13.0. The Balaban J connectivity index is 1.77. The van der Waals surface area contributed by atoms with Gasteiger partial charge < -0.3 is 9.32 Å². The quantitative estimate of drug-likeness (QED) is 0.647. The molecule has 3 aromatic rings. The van der Waals surface area contributed by atoms with Crippen molar-refractivity contribution in [3.63, 3.8) is 0 Å². The molecule has 5 nitrogen and oxygen atoms in total. The molecule has 1 aromatic heterocycles. The first kappa shape index (κ1) is 18.8. The highest BCUT2D eigenvalue weighted by Crippen LogP contribution is 2.21. The van der Waals surface area contributed by atoms with Gasteiger partial charge in [0.1, 0.15) is 5.82 Å². The van der Waals surface area contributed by atoms with Gasteiger partial charge in [0, 0.05) is 19.2 Å². The molecular weight excluding hydrogens is 369 g/mol. The molecule has 0 unspecified atom stereocenters. The predicted octanol–water partition coefficient (Wildman–Crippen LogP) is 3.66. The van der Waals surface area contributed by atoms with Crippen LogP contribution in [0.5, 0.6) is 0 Å². The van der Waals surface area contributed by atoms with Crippen LogP contribution in [0.2, 0.25) is 0 Å². The first-order chi connectivity index (χ1) is 12.9. The van der Waals surface area contributed by atoms with Crippen molar-refractivity contribution in [3.8, 4) is 0 Å². The molecule has 27 heavy (non-hydrogen) atoms. The SMILES string of the molecule is CN(Cc1ccc(F)cc1)C(=O)c1occc1CS(=O)(=O)c1ccccc1. The molecule has 1 heterocycles. The van der Waals surface area contributed by atoms with Gasteiger partial charge >= 0.3 is 0 Å². The fourth-order valence-corrected chi connectivity index (χ4v) is 4.04. The van der Waals surface area contributed by atoms with E-state index >= 15 is 0 Å². The van der Waals surface area contributed by atoms with Crippen molar-refractivity contribution in [2.45, 2.75) is 17.2 Å². The molecule has 0 atom stereocenters. The highest BCUT2D eigenvalue weighted by molar-refractivity contribution is 7.90. The summed E-state index contributed by atoms with van der Waals surface area (Å²) in [5.74, 6) is -1.15. The third-order valence-electron chi connectivity index (χ3n) is 4.07. The third-order valence-corrected chi connectivity index (χ3v) is 5.75. The number of sulfone groups is 1. The number of benzene rings is 2. The minimum Gasteiger partial charge on any atom is -0.459 e. The number of hydrogen-bond donors (Lipinski definition) is 0. The van der Waals surface area contributed by atoms with Crippen molar-refractivity contribution in [1.82, 2.24) is 4.90 Å². The van der Waals surface area contributed by atoms with Crippen molar-refractivity contribution >= 4 is 15.7 Å². The van der Waals surface area contributed by atoms with Gasteiger partial charge in [-0.15, -0.1) is 0 Å². The molecule has 0 spiro atoms. The van der Waals surface area contributed by atoms with E-state index in [-0.39, 0.29) is 28.8 Å². The van der Waals surface area contributed by atoms with Crippen molar-refractivity contribution in [2.24, 2.45) is 0 Å². The summed E-state index contributed by atoms with van der Waals surface area (Å²) in [4.78, 5) is 14.3. The van der Waals surface area contributed by atoms with Crippen LogP contribution in [-0.4, -0.2) is 26.3 Å². The maximum atomic E-state index is 13.0. The fourth-order valence-electron chi connectivity index (χ4n) is 2.66. The summed E-state index contributed by atoms with van der Waals surface area (Å²) in [7, 11) is -2.03. The van der Waals surface area contributed by atoms with Crippen LogP contribution >= 0.6 is 0 Å². The number of rotatable bonds is 6. The lowest BCUT2D eigenvalue weighted by Gasteiger charge is -2.16. The van der Waals surface area contributed by atoms with E-state index in [4.69, 9.17) is 4.42 Å². The fraction of sp³-hybridized carbons (Fsp3) is 0.150. The van der Waals surface area contributed by atoms with Crippen LogP contribution in [0.4, 0.5) is 4.39 Å². The van der Waals surface area contributed by atoms with Crippen LogP contribution < -0.4 is 0 Å². The summed E-state index contributed by atoms with van der Waals surface area (Å²) in [6, 6.07) is 15.3. The second-order valence-electron chi connectivity index (χ2n) is 6.13. The van der Waals surface area contributed by atoms with Crippen LogP contribution in [0.25, 0.3) is 0 Å². The topological polar surface area (TPSA) is 67.6 Å². The number of carbonyl (C=O) groups excluding carboxylic acids is 1. The average Bonchev–Trinajstić information content (AvgIpc) is 3.11. The average molecular weight is 387 g/mol. The largest absolute Gasteiger partial charge is 0.459 e.